The Morgan fingerprint density at radius 2 is 1.88 bits per heavy atom. The van der Waals surface area contributed by atoms with E-state index in [4.69, 9.17) is 9.40 Å². The van der Waals surface area contributed by atoms with Crippen molar-refractivity contribution in [3.63, 3.8) is 0 Å². The highest BCUT2D eigenvalue weighted by Crippen LogP contribution is 2.28. The van der Waals surface area contributed by atoms with E-state index >= 15 is 0 Å². The molecule has 4 aromatic rings. The maximum absolute atomic E-state index is 12.8. The number of piperidine rings is 1. The smallest absolute Gasteiger partial charge is 0.223 e. The maximum atomic E-state index is 12.8. The van der Waals surface area contributed by atoms with Gasteiger partial charge in [-0.05, 0) is 36.5 Å². The second-order valence-electron chi connectivity index (χ2n) is 9.19. The lowest BCUT2D eigenvalue weighted by Crippen LogP contribution is -2.38. The first-order valence-electron chi connectivity index (χ1n) is 11.8. The van der Waals surface area contributed by atoms with Gasteiger partial charge < -0.3 is 14.3 Å². The molecule has 1 saturated heterocycles. The molecule has 0 radical (unpaired) electrons. The van der Waals surface area contributed by atoms with Crippen LogP contribution in [0.1, 0.15) is 62.2 Å². The molecule has 1 amide bonds. The summed E-state index contributed by atoms with van der Waals surface area (Å²) in [4.78, 5) is 27.3. The van der Waals surface area contributed by atoms with E-state index in [1.54, 1.807) is 6.20 Å². The van der Waals surface area contributed by atoms with Crippen LogP contribution in [0.3, 0.4) is 0 Å². The molecule has 2 aromatic carbocycles. The number of oxazole rings is 1. The van der Waals surface area contributed by atoms with Gasteiger partial charge >= 0.3 is 0 Å². The number of H-pyrrole nitrogens is 1. The van der Waals surface area contributed by atoms with Crippen LogP contribution in [0.2, 0.25) is 0 Å². The molecule has 6 nitrogen and oxygen atoms in total. The highest BCUT2D eigenvalue weighted by molar-refractivity contribution is 5.76. The molecular weight excluding hydrogens is 412 g/mol. The van der Waals surface area contributed by atoms with Crippen molar-refractivity contribution in [2.24, 2.45) is 0 Å². The number of para-hydroxylation sites is 2. The van der Waals surface area contributed by atoms with Crippen LogP contribution in [-0.4, -0.2) is 38.8 Å². The van der Waals surface area contributed by atoms with Gasteiger partial charge in [0.05, 0.1) is 17.2 Å². The molecule has 6 heteroatoms. The number of nitrogens with one attached hydrogen (secondary N) is 1. The maximum Gasteiger partial charge on any atom is 0.223 e. The van der Waals surface area contributed by atoms with Crippen molar-refractivity contribution in [2.45, 2.75) is 51.4 Å². The van der Waals surface area contributed by atoms with Gasteiger partial charge in [-0.25, -0.2) is 9.97 Å². The number of likely N-dealkylation sites (tertiary alicyclic amines) is 1. The fraction of sp³-hybridized carbons (Fsp3) is 0.370. The Kier molecular flexibility index (Phi) is 5.99. The molecule has 2 aromatic heterocycles. The van der Waals surface area contributed by atoms with E-state index in [9.17, 15) is 4.79 Å². The number of aromatic nitrogens is 3. The Balaban J connectivity index is 1.13. The second-order valence-corrected chi connectivity index (χ2v) is 9.19. The molecule has 0 saturated carbocycles. The molecule has 0 unspecified atom stereocenters. The van der Waals surface area contributed by atoms with Crippen LogP contribution in [0.5, 0.6) is 0 Å². The monoisotopic (exact) mass is 442 g/mol. The number of carbonyl (C=O) groups is 1. The predicted molar refractivity (Wildman–Crippen MR) is 129 cm³/mol. The Morgan fingerprint density at radius 3 is 2.61 bits per heavy atom. The minimum absolute atomic E-state index is 0.166. The molecule has 0 bridgehead atoms. The third-order valence-corrected chi connectivity index (χ3v) is 6.61. The second kappa shape index (κ2) is 9.22. The quantitative estimate of drug-likeness (QED) is 0.417. The average Bonchev–Trinajstić information content (AvgIpc) is 3.50. The summed E-state index contributed by atoms with van der Waals surface area (Å²) in [5.41, 5.74) is 4.39. The number of imidazole rings is 1. The zero-order chi connectivity index (χ0) is 22.8. The number of amides is 1. The lowest BCUT2D eigenvalue weighted by atomic mass is 9.96. The summed E-state index contributed by atoms with van der Waals surface area (Å²) in [6.45, 7) is 5.89. The van der Waals surface area contributed by atoms with Crippen LogP contribution in [0.4, 0.5) is 0 Å². The van der Waals surface area contributed by atoms with Crippen molar-refractivity contribution in [1.82, 2.24) is 19.9 Å². The van der Waals surface area contributed by atoms with Crippen LogP contribution in [0, 0.1) is 0 Å². The molecule has 5 rings (SSSR count). The van der Waals surface area contributed by atoms with Gasteiger partial charge in [0.15, 0.2) is 11.7 Å². The topological polar surface area (TPSA) is 75.0 Å². The first-order chi connectivity index (χ1) is 16.1. The Labute approximate surface area is 194 Å². The lowest BCUT2D eigenvalue weighted by molar-refractivity contribution is -0.132. The molecule has 0 atom stereocenters. The number of fused-ring (bicyclic) bond motifs is 1. The van der Waals surface area contributed by atoms with E-state index in [-0.39, 0.29) is 5.91 Å². The van der Waals surface area contributed by atoms with Gasteiger partial charge in [0, 0.05) is 37.4 Å². The summed E-state index contributed by atoms with van der Waals surface area (Å²) < 4.78 is 5.92. The summed E-state index contributed by atoms with van der Waals surface area (Å²) in [6, 6.07) is 16.5. The molecule has 33 heavy (non-hydrogen) atoms. The average molecular weight is 443 g/mol. The van der Waals surface area contributed by atoms with Gasteiger partial charge in [-0.3, -0.25) is 4.79 Å². The van der Waals surface area contributed by atoms with E-state index < -0.39 is 0 Å². The third kappa shape index (κ3) is 4.70. The van der Waals surface area contributed by atoms with E-state index in [0.29, 0.717) is 30.6 Å². The van der Waals surface area contributed by atoms with Crippen molar-refractivity contribution in [1.29, 1.82) is 0 Å². The Hall–Kier alpha value is -3.41. The molecule has 1 N–H and O–H groups in total. The Bertz CT molecular complexity index is 1200. The molecule has 1 aliphatic rings. The van der Waals surface area contributed by atoms with Crippen LogP contribution < -0.4 is 0 Å². The van der Waals surface area contributed by atoms with Crippen LogP contribution in [-0.2, 0) is 11.2 Å². The fourth-order valence-corrected chi connectivity index (χ4v) is 4.53. The molecule has 0 spiro atoms. The van der Waals surface area contributed by atoms with Crippen molar-refractivity contribution in [3.05, 3.63) is 72.0 Å². The van der Waals surface area contributed by atoms with Gasteiger partial charge in [0.25, 0.3) is 0 Å². The SMILES string of the molecule is CC(C)c1ccc(-c2cnc(CCC(=O)N3CCC(c4nc5ccccc5[nH]4)CC3)o2)cc1. The van der Waals surface area contributed by atoms with Gasteiger partial charge in [-0.2, -0.15) is 0 Å². The van der Waals surface area contributed by atoms with Gasteiger partial charge in [-0.15, -0.1) is 0 Å². The number of benzene rings is 2. The summed E-state index contributed by atoms with van der Waals surface area (Å²) in [5, 5.41) is 0. The zero-order valence-electron chi connectivity index (χ0n) is 19.3. The molecule has 1 aliphatic heterocycles. The standard InChI is InChI=1S/C27H30N4O2/c1-18(2)19-7-9-20(10-8-19)24-17-28-25(33-24)11-12-26(32)31-15-13-21(14-16-31)27-29-22-5-3-4-6-23(22)30-27/h3-10,17-18,21H,11-16H2,1-2H3,(H,29,30). The predicted octanol–water partition coefficient (Wildman–Crippen LogP) is 5.68. The number of hydrogen-bond acceptors (Lipinski definition) is 4. The third-order valence-electron chi connectivity index (χ3n) is 6.61. The first-order valence-corrected chi connectivity index (χ1v) is 11.8. The van der Waals surface area contributed by atoms with Crippen LogP contribution >= 0.6 is 0 Å². The fourth-order valence-electron chi connectivity index (χ4n) is 4.53. The highest BCUT2D eigenvalue weighted by Gasteiger charge is 2.26. The minimum atomic E-state index is 0.166. The summed E-state index contributed by atoms with van der Waals surface area (Å²) in [5.74, 6) is 3.44. The number of aromatic amines is 1. The molecule has 170 valence electrons. The van der Waals surface area contributed by atoms with Gasteiger partial charge in [-0.1, -0.05) is 50.2 Å². The van der Waals surface area contributed by atoms with Crippen LogP contribution in [0.15, 0.2) is 59.1 Å². The number of rotatable bonds is 6. The van der Waals surface area contributed by atoms with Gasteiger partial charge in [0.1, 0.15) is 5.82 Å². The minimum Gasteiger partial charge on any atom is -0.441 e. The number of aryl methyl sites for hydroxylation is 1. The van der Waals surface area contributed by atoms with Crippen molar-refractivity contribution < 1.29 is 9.21 Å². The highest BCUT2D eigenvalue weighted by atomic mass is 16.4. The van der Waals surface area contributed by atoms with E-state index in [1.165, 1.54) is 5.56 Å². The van der Waals surface area contributed by atoms with E-state index in [0.717, 1.165) is 54.1 Å². The van der Waals surface area contributed by atoms with Crippen LogP contribution in [0.25, 0.3) is 22.4 Å². The number of carbonyl (C=O) groups excluding carboxylic acids is 1. The number of nitrogens with zero attached hydrogens (tertiary/aromatic N) is 3. The van der Waals surface area contributed by atoms with E-state index in [2.05, 4.69) is 54.1 Å². The lowest BCUT2D eigenvalue weighted by Gasteiger charge is -2.31. The largest absolute Gasteiger partial charge is 0.441 e. The summed E-state index contributed by atoms with van der Waals surface area (Å²) in [6.07, 6.45) is 4.55. The molecule has 3 heterocycles. The normalized spacial score (nSPS) is 14.9. The summed E-state index contributed by atoms with van der Waals surface area (Å²) >= 11 is 0. The van der Waals surface area contributed by atoms with Crippen molar-refractivity contribution in [3.8, 4) is 11.3 Å². The summed E-state index contributed by atoms with van der Waals surface area (Å²) in [7, 11) is 0. The van der Waals surface area contributed by atoms with Crippen molar-refractivity contribution in [2.75, 3.05) is 13.1 Å². The number of hydrogen-bond donors (Lipinski definition) is 1. The first kappa shape index (κ1) is 21.4. The van der Waals surface area contributed by atoms with Crippen molar-refractivity contribution >= 4 is 16.9 Å². The van der Waals surface area contributed by atoms with Gasteiger partial charge in [0.2, 0.25) is 5.91 Å². The zero-order valence-corrected chi connectivity index (χ0v) is 19.3. The Morgan fingerprint density at radius 1 is 1.12 bits per heavy atom. The van der Waals surface area contributed by atoms with E-state index in [1.807, 2.05) is 23.1 Å². The molecular formula is C27H30N4O2. The molecule has 1 fully saturated rings. The molecule has 0 aliphatic carbocycles.